The van der Waals surface area contributed by atoms with E-state index in [9.17, 15) is 14.4 Å². The van der Waals surface area contributed by atoms with E-state index in [4.69, 9.17) is 9.47 Å². The molecular weight excluding hydrogens is 348 g/mol. The Hall–Kier alpha value is -2.63. The smallest absolute Gasteiger partial charge is 0.345 e. The van der Waals surface area contributed by atoms with E-state index < -0.39 is 36.7 Å². The zero-order valence-corrected chi connectivity index (χ0v) is 15.9. The van der Waals surface area contributed by atoms with E-state index in [2.05, 4.69) is 11.3 Å². The number of carbonyl (C=O) groups excluding carboxylic acids is 3. The third-order valence-corrected chi connectivity index (χ3v) is 4.54. The van der Waals surface area contributed by atoms with Gasteiger partial charge in [-0.15, -0.1) is 0 Å². The first kappa shape index (κ1) is 20.7. The Morgan fingerprint density at radius 1 is 1.04 bits per heavy atom. The number of hydrogen-bond acceptors (Lipinski definition) is 6. The monoisotopic (exact) mass is 374 g/mol. The van der Waals surface area contributed by atoms with Crippen LogP contribution in [0.4, 0.5) is 0 Å². The average Bonchev–Trinajstić information content (AvgIpc) is 2.65. The molecule has 6 nitrogen and oxygen atoms in total. The van der Waals surface area contributed by atoms with Gasteiger partial charge in [0.15, 0.2) is 13.2 Å². The van der Waals surface area contributed by atoms with Crippen LogP contribution in [0.25, 0.3) is 0 Å². The SMILES string of the molecule is C=C(C)C(=O)OCC(=O)OCC(=O)OC1(c2cccc(C)c2)CCCCC1. The Kier molecular flexibility index (Phi) is 7.16. The maximum Gasteiger partial charge on any atom is 0.345 e. The van der Waals surface area contributed by atoms with Crippen molar-refractivity contribution in [3.8, 4) is 0 Å². The van der Waals surface area contributed by atoms with Gasteiger partial charge in [0.05, 0.1) is 0 Å². The second kappa shape index (κ2) is 9.35. The first-order chi connectivity index (χ1) is 12.8. The van der Waals surface area contributed by atoms with Crippen molar-refractivity contribution >= 4 is 17.9 Å². The topological polar surface area (TPSA) is 78.9 Å². The van der Waals surface area contributed by atoms with Crippen molar-refractivity contribution in [2.24, 2.45) is 0 Å². The van der Waals surface area contributed by atoms with Crippen molar-refractivity contribution in [3.05, 3.63) is 47.5 Å². The summed E-state index contributed by atoms with van der Waals surface area (Å²) in [5.74, 6) is -2.11. The quantitative estimate of drug-likeness (QED) is 0.414. The van der Waals surface area contributed by atoms with E-state index >= 15 is 0 Å². The molecule has 0 spiro atoms. The summed E-state index contributed by atoms with van der Waals surface area (Å²) in [5.41, 5.74) is 1.57. The molecule has 146 valence electrons. The van der Waals surface area contributed by atoms with Gasteiger partial charge in [-0.05, 0) is 45.1 Å². The minimum absolute atomic E-state index is 0.180. The molecule has 6 heteroatoms. The highest BCUT2D eigenvalue weighted by atomic mass is 16.6. The lowest BCUT2D eigenvalue weighted by atomic mass is 9.79. The van der Waals surface area contributed by atoms with Crippen molar-refractivity contribution < 1.29 is 28.6 Å². The van der Waals surface area contributed by atoms with Crippen molar-refractivity contribution in [3.63, 3.8) is 0 Å². The Balaban J connectivity index is 1.94. The molecule has 1 aromatic rings. The van der Waals surface area contributed by atoms with Crippen LogP contribution in [0.2, 0.25) is 0 Å². The molecule has 0 bridgehead atoms. The molecule has 1 aliphatic carbocycles. The predicted molar refractivity (Wildman–Crippen MR) is 98.8 cm³/mol. The highest BCUT2D eigenvalue weighted by Gasteiger charge is 2.38. The van der Waals surface area contributed by atoms with Crippen LogP contribution in [0, 0.1) is 6.92 Å². The van der Waals surface area contributed by atoms with Crippen LogP contribution in [-0.2, 0) is 34.2 Å². The fourth-order valence-corrected chi connectivity index (χ4v) is 3.18. The fraction of sp³-hybridized carbons (Fsp3) is 0.476. The molecule has 27 heavy (non-hydrogen) atoms. The Labute approximate surface area is 159 Å². The van der Waals surface area contributed by atoms with Gasteiger partial charge in [0.1, 0.15) is 5.60 Å². The van der Waals surface area contributed by atoms with Crippen molar-refractivity contribution in [1.29, 1.82) is 0 Å². The minimum Gasteiger partial charge on any atom is -0.452 e. The first-order valence-corrected chi connectivity index (χ1v) is 9.10. The third kappa shape index (κ3) is 5.94. The van der Waals surface area contributed by atoms with E-state index in [1.807, 2.05) is 31.2 Å². The summed E-state index contributed by atoms with van der Waals surface area (Å²) in [6, 6.07) is 7.94. The van der Waals surface area contributed by atoms with Crippen molar-refractivity contribution in [2.75, 3.05) is 13.2 Å². The highest BCUT2D eigenvalue weighted by molar-refractivity contribution is 5.88. The molecule has 0 N–H and O–H groups in total. The third-order valence-electron chi connectivity index (χ3n) is 4.54. The molecule has 1 aromatic carbocycles. The summed E-state index contributed by atoms with van der Waals surface area (Å²) in [4.78, 5) is 35.2. The van der Waals surface area contributed by atoms with E-state index in [0.717, 1.165) is 43.2 Å². The Morgan fingerprint density at radius 3 is 2.33 bits per heavy atom. The largest absolute Gasteiger partial charge is 0.452 e. The predicted octanol–water partition coefficient (Wildman–Crippen LogP) is 3.36. The highest BCUT2D eigenvalue weighted by Crippen LogP contribution is 2.40. The second-order valence-corrected chi connectivity index (χ2v) is 6.92. The lowest BCUT2D eigenvalue weighted by Crippen LogP contribution is -2.36. The summed E-state index contributed by atoms with van der Waals surface area (Å²) in [6.07, 6.45) is 4.53. The molecule has 0 atom stereocenters. The minimum atomic E-state index is -0.810. The Bertz CT molecular complexity index is 715. The van der Waals surface area contributed by atoms with Gasteiger partial charge in [0, 0.05) is 5.57 Å². The van der Waals surface area contributed by atoms with Gasteiger partial charge in [0.25, 0.3) is 0 Å². The van der Waals surface area contributed by atoms with Gasteiger partial charge < -0.3 is 14.2 Å². The lowest BCUT2D eigenvalue weighted by Gasteiger charge is -2.37. The molecule has 0 saturated heterocycles. The second-order valence-electron chi connectivity index (χ2n) is 6.92. The average molecular weight is 374 g/mol. The van der Waals surface area contributed by atoms with Crippen LogP contribution in [0.3, 0.4) is 0 Å². The molecular formula is C21H26O6. The number of rotatable bonds is 7. The molecule has 0 aliphatic heterocycles. The van der Waals surface area contributed by atoms with Crippen LogP contribution >= 0.6 is 0 Å². The zero-order chi connectivity index (χ0) is 19.9. The molecule has 0 unspecified atom stereocenters. The van der Waals surface area contributed by atoms with Crippen LogP contribution < -0.4 is 0 Å². The maximum absolute atomic E-state index is 12.3. The number of carbonyl (C=O) groups is 3. The molecule has 2 rings (SSSR count). The molecule has 1 saturated carbocycles. The summed E-state index contributed by atoms with van der Waals surface area (Å²) in [7, 11) is 0. The van der Waals surface area contributed by atoms with Crippen LogP contribution in [0.5, 0.6) is 0 Å². The maximum atomic E-state index is 12.3. The van der Waals surface area contributed by atoms with Crippen LogP contribution in [0.15, 0.2) is 36.4 Å². The molecule has 0 heterocycles. The number of ether oxygens (including phenoxy) is 3. The van der Waals surface area contributed by atoms with Gasteiger partial charge >= 0.3 is 17.9 Å². The number of esters is 3. The summed E-state index contributed by atoms with van der Waals surface area (Å²) < 4.78 is 15.3. The van der Waals surface area contributed by atoms with E-state index in [-0.39, 0.29) is 5.57 Å². The molecule has 1 aliphatic rings. The van der Waals surface area contributed by atoms with Crippen molar-refractivity contribution in [1.82, 2.24) is 0 Å². The van der Waals surface area contributed by atoms with Crippen LogP contribution in [0.1, 0.15) is 50.2 Å². The van der Waals surface area contributed by atoms with Gasteiger partial charge in [0.2, 0.25) is 0 Å². The summed E-state index contributed by atoms with van der Waals surface area (Å²) in [5, 5.41) is 0. The van der Waals surface area contributed by atoms with E-state index in [1.165, 1.54) is 6.92 Å². The molecule has 0 amide bonds. The zero-order valence-electron chi connectivity index (χ0n) is 15.9. The number of aryl methyl sites for hydroxylation is 1. The first-order valence-electron chi connectivity index (χ1n) is 9.10. The summed E-state index contributed by atoms with van der Waals surface area (Å²) in [6.45, 7) is 5.80. The molecule has 0 radical (unpaired) electrons. The van der Waals surface area contributed by atoms with Crippen molar-refractivity contribution in [2.45, 2.75) is 51.6 Å². The standard InChI is InChI=1S/C21H26O6/c1-15(2)20(24)26-13-18(22)25-14-19(23)27-21(10-5-4-6-11-21)17-9-7-8-16(3)12-17/h7-9,12H,1,4-6,10-11,13-14H2,2-3H3. The van der Waals surface area contributed by atoms with Gasteiger partial charge in [-0.1, -0.05) is 42.8 Å². The Morgan fingerprint density at radius 2 is 1.70 bits per heavy atom. The lowest BCUT2D eigenvalue weighted by molar-refractivity contribution is -0.176. The number of benzene rings is 1. The van der Waals surface area contributed by atoms with Gasteiger partial charge in [-0.2, -0.15) is 0 Å². The molecule has 0 aromatic heterocycles. The van der Waals surface area contributed by atoms with E-state index in [1.54, 1.807) is 0 Å². The normalized spacial score (nSPS) is 15.5. The van der Waals surface area contributed by atoms with Crippen LogP contribution in [-0.4, -0.2) is 31.1 Å². The van der Waals surface area contributed by atoms with Gasteiger partial charge in [-0.3, -0.25) is 0 Å². The van der Waals surface area contributed by atoms with E-state index in [0.29, 0.717) is 0 Å². The summed E-state index contributed by atoms with van der Waals surface area (Å²) >= 11 is 0. The number of hydrogen-bond donors (Lipinski definition) is 0. The molecule has 1 fully saturated rings. The van der Waals surface area contributed by atoms with Gasteiger partial charge in [-0.25, -0.2) is 14.4 Å². The fourth-order valence-electron chi connectivity index (χ4n) is 3.18.